The van der Waals surface area contributed by atoms with E-state index in [0.29, 0.717) is 0 Å². The predicted molar refractivity (Wildman–Crippen MR) is 65.6 cm³/mol. The van der Waals surface area contributed by atoms with Crippen molar-refractivity contribution in [2.75, 3.05) is 25.0 Å². The standard InChI is InChI=1S/C11H17N3S/c1-8-9(2)15-11(14-8)13-7-10-3-5-12-6-4-10/h3,12H,4-7H2,1-2H3,(H,13,14). The van der Waals surface area contributed by atoms with Gasteiger partial charge in [0, 0.05) is 18.0 Å². The van der Waals surface area contributed by atoms with Gasteiger partial charge in [0.2, 0.25) is 0 Å². The van der Waals surface area contributed by atoms with Gasteiger partial charge < -0.3 is 10.6 Å². The van der Waals surface area contributed by atoms with Crippen molar-refractivity contribution in [3.63, 3.8) is 0 Å². The summed E-state index contributed by atoms with van der Waals surface area (Å²) in [4.78, 5) is 5.76. The molecule has 15 heavy (non-hydrogen) atoms. The number of rotatable bonds is 3. The van der Waals surface area contributed by atoms with Gasteiger partial charge in [-0.2, -0.15) is 0 Å². The summed E-state index contributed by atoms with van der Waals surface area (Å²) in [7, 11) is 0. The number of anilines is 1. The van der Waals surface area contributed by atoms with Crippen molar-refractivity contribution in [3.8, 4) is 0 Å². The number of hydrogen-bond donors (Lipinski definition) is 2. The van der Waals surface area contributed by atoms with E-state index in [1.807, 2.05) is 0 Å². The van der Waals surface area contributed by atoms with Gasteiger partial charge in [-0.3, -0.25) is 0 Å². The van der Waals surface area contributed by atoms with E-state index in [2.05, 4.69) is 35.5 Å². The number of nitrogens with one attached hydrogen (secondary N) is 2. The van der Waals surface area contributed by atoms with Crippen LogP contribution in [0.4, 0.5) is 5.13 Å². The Bertz CT molecular complexity index is 348. The van der Waals surface area contributed by atoms with Crippen molar-refractivity contribution in [2.45, 2.75) is 20.3 Å². The molecule has 0 aliphatic carbocycles. The minimum absolute atomic E-state index is 0.939. The second-order valence-corrected chi connectivity index (χ2v) is 5.03. The number of aryl methyl sites for hydroxylation is 2. The van der Waals surface area contributed by atoms with Gasteiger partial charge in [-0.05, 0) is 26.8 Å². The van der Waals surface area contributed by atoms with E-state index in [9.17, 15) is 0 Å². The average Bonchev–Trinajstić information content (AvgIpc) is 2.57. The van der Waals surface area contributed by atoms with Crippen molar-refractivity contribution in [2.24, 2.45) is 0 Å². The third kappa shape index (κ3) is 2.79. The molecule has 0 spiro atoms. The van der Waals surface area contributed by atoms with Gasteiger partial charge in [0.25, 0.3) is 0 Å². The number of aromatic nitrogens is 1. The normalized spacial score (nSPS) is 16.3. The summed E-state index contributed by atoms with van der Waals surface area (Å²) in [5.74, 6) is 0. The second-order valence-electron chi connectivity index (χ2n) is 3.83. The maximum Gasteiger partial charge on any atom is 0.183 e. The van der Waals surface area contributed by atoms with Crippen LogP contribution < -0.4 is 10.6 Å². The van der Waals surface area contributed by atoms with Crippen LogP contribution in [-0.4, -0.2) is 24.6 Å². The van der Waals surface area contributed by atoms with Gasteiger partial charge >= 0.3 is 0 Å². The predicted octanol–water partition coefficient (Wildman–Crippen LogP) is 2.09. The molecule has 2 N–H and O–H groups in total. The van der Waals surface area contributed by atoms with Crippen LogP contribution in [-0.2, 0) is 0 Å². The topological polar surface area (TPSA) is 37.0 Å². The molecular formula is C11H17N3S. The van der Waals surface area contributed by atoms with E-state index in [1.54, 1.807) is 11.3 Å². The fraction of sp³-hybridized carbons (Fsp3) is 0.545. The molecule has 2 rings (SSSR count). The van der Waals surface area contributed by atoms with Crippen LogP contribution >= 0.6 is 11.3 Å². The Morgan fingerprint density at radius 2 is 2.40 bits per heavy atom. The Kier molecular flexibility index (Phi) is 3.38. The van der Waals surface area contributed by atoms with Crippen molar-refractivity contribution in [1.29, 1.82) is 0 Å². The lowest BCUT2D eigenvalue weighted by Gasteiger charge is -2.13. The summed E-state index contributed by atoms with van der Waals surface area (Å²) >= 11 is 1.74. The fourth-order valence-corrected chi connectivity index (χ4v) is 2.38. The minimum Gasteiger partial charge on any atom is -0.358 e. The van der Waals surface area contributed by atoms with Gasteiger partial charge in [-0.25, -0.2) is 4.98 Å². The van der Waals surface area contributed by atoms with Gasteiger partial charge in [0.15, 0.2) is 5.13 Å². The third-order valence-corrected chi connectivity index (χ3v) is 3.68. The quantitative estimate of drug-likeness (QED) is 0.770. The van der Waals surface area contributed by atoms with Crippen LogP contribution in [0.25, 0.3) is 0 Å². The summed E-state index contributed by atoms with van der Waals surface area (Å²) in [6, 6.07) is 0. The van der Waals surface area contributed by atoms with Gasteiger partial charge in [-0.15, -0.1) is 11.3 Å². The Morgan fingerprint density at radius 1 is 1.53 bits per heavy atom. The number of nitrogens with zero attached hydrogens (tertiary/aromatic N) is 1. The molecule has 1 aliphatic heterocycles. The van der Waals surface area contributed by atoms with E-state index in [-0.39, 0.29) is 0 Å². The van der Waals surface area contributed by atoms with Crippen LogP contribution in [0.3, 0.4) is 0 Å². The van der Waals surface area contributed by atoms with Crippen LogP contribution in [0.2, 0.25) is 0 Å². The minimum atomic E-state index is 0.939. The summed E-state index contributed by atoms with van der Waals surface area (Å²) < 4.78 is 0. The number of hydrogen-bond acceptors (Lipinski definition) is 4. The first-order valence-corrected chi connectivity index (χ1v) is 6.14. The molecule has 0 aromatic carbocycles. The van der Waals surface area contributed by atoms with E-state index < -0.39 is 0 Å². The Hall–Kier alpha value is -0.870. The maximum absolute atomic E-state index is 4.46. The van der Waals surface area contributed by atoms with E-state index in [4.69, 9.17) is 0 Å². The zero-order valence-electron chi connectivity index (χ0n) is 9.26. The zero-order valence-corrected chi connectivity index (χ0v) is 10.1. The van der Waals surface area contributed by atoms with Crippen LogP contribution in [0.1, 0.15) is 17.0 Å². The van der Waals surface area contributed by atoms with Crippen LogP contribution in [0.15, 0.2) is 11.6 Å². The molecule has 0 fully saturated rings. The van der Waals surface area contributed by atoms with Gasteiger partial charge in [0.1, 0.15) is 0 Å². The average molecular weight is 223 g/mol. The second kappa shape index (κ2) is 4.77. The van der Waals surface area contributed by atoms with Crippen molar-refractivity contribution in [1.82, 2.24) is 10.3 Å². The molecule has 0 bridgehead atoms. The summed E-state index contributed by atoms with van der Waals surface area (Å²) in [5, 5.41) is 7.74. The molecule has 2 heterocycles. The Balaban J connectivity index is 1.89. The first-order chi connectivity index (χ1) is 7.25. The Morgan fingerprint density at radius 3 is 3.00 bits per heavy atom. The molecule has 0 atom stereocenters. The van der Waals surface area contributed by atoms with Crippen molar-refractivity contribution >= 4 is 16.5 Å². The molecule has 1 aliphatic rings. The molecule has 0 saturated carbocycles. The summed E-state index contributed by atoms with van der Waals surface area (Å²) in [5.41, 5.74) is 2.63. The largest absolute Gasteiger partial charge is 0.358 e. The number of thiazole rings is 1. The molecule has 1 aromatic heterocycles. The maximum atomic E-state index is 4.46. The van der Waals surface area contributed by atoms with Gasteiger partial charge in [-0.1, -0.05) is 11.6 Å². The molecule has 1 aromatic rings. The molecule has 0 saturated heterocycles. The SMILES string of the molecule is Cc1nc(NCC2=CCNCC2)sc1C. The molecule has 4 heteroatoms. The lowest BCUT2D eigenvalue weighted by atomic mass is 10.1. The summed E-state index contributed by atoms with van der Waals surface area (Å²) in [6.07, 6.45) is 3.42. The fourth-order valence-electron chi connectivity index (χ4n) is 1.57. The lowest BCUT2D eigenvalue weighted by molar-refractivity contribution is 0.698. The highest BCUT2D eigenvalue weighted by molar-refractivity contribution is 7.15. The molecule has 0 radical (unpaired) electrons. The van der Waals surface area contributed by atoms with Crippen LogP contribution in [0, 0.1) is 13.8 Å². The van der Waals surface area contributed by atoms with E-state index >= 15 is 0 Å². The van der Waals surface area contributed by atoms with Crippen molar-refractivity contribution < 1.29 is 0 Å². The first-order valence-electron chi connectivity index (χ1n) is 5.32. The highest BCUT2D eigenvalue weighted by Crippen LogP contribution is 2.21. The molecule has 0 amide bonds. The monoisotopic (exact) mass is 223 g/mol. The van der Waals surface area contributed by atoms with Crippen LogP contribution in [0.5, 0.6) is 0 Å². The summed E-state index contributed by atoms with van der Waals surface area (Å²) in [6.45, 7) is 7.22. The third-order valence-electron chi connectivity index (χ3n) is 2.65. The smallest absolute Gasteiger partial charge is 0.183 e. The van der Waals surface area contributed by atoms with E-state index in [1.165, 1.54) is 10.5 Å². The van der Waals surface area contributed by atoms with E-state index in [0.717, 1.165) is 36.9 Å². The molecule has 0 unspecified atom stereocenters. The highest BCUT2D eigenvalue weighted by Gasteiger charge is 2.05. The lowest BCUT2D eigenvalue weighted by Crippen LogP contribution is -2.23. The highest BCUT2D eigenvalue weighted by atomic mass is 32.1. The molecular weight excluding hydrogens is 206 g/mol. The Labute approximate surface area is 94.6 Å². The first kappa shape index (κ1) is 10.6. The zero-order chi connectivity index (χ0) is 10.7. The van der Waals surface area contributed by atoms with Crippen molar-refractivity contribution in [3.05, 3.63) is 22.2 Å². The van der Waals surface area contributed by atoms with Gasteiger partial charge in [0.05, 0.1) is 5.69 Å². The molecule has 82 valence electrons. The molecule has 3 nitrogen and oxygen atoms in total.